The van der Waals surface area contributed by atoms with Crippen LogP contribution in [0.5, 0.6) is 23.0 Å². The summed E-state index contributed by atoms with van der Waals surface area (Å²) < 4.78 is 12.9. The molecule has 1 aliphatic rings. The fourth-order valence-corrected chi connectivity index (χ4v) is 6.61. The minimum absolute atomic E-state index is 0.0319. The number of hydrogen-bond acceptors (Lipinski definition) is 4. The molecule has 1 atom stereocenters. The Kier molecular flexibility index (Phi) is 7.59. The Morgan fingerprint density at radius 2 is 1.07 bits per heavy atom. The predicted octanol–water partition coefficient (Wildman–Crippen LogP) is 8.80. The van der Waals surface area contributed by atoms with Gasteiger partial charge in [0.25, 0.3) is 0 Å². The van der Waals surface area contributed by atoms with Crippen molar-refractivity contribution in [1.29, 1.82) is 0 Å². The average molecular weight is 551 g/mol. The van der Waals surface area contributed by atoms with Crippen molar-refractivity contribution in [3.8, 4) is 23.0 Å². The lowest BCUT2D eigenvalue weighted by Crippen LogP contribution is -2.41. The molecule has 0 spiro atoms. The van der Waals surface area contributed by atoms with Crippen LogP contribution in [0.4, 0.5) is 0 Å². The van der Waals surface area contributed by atoms with Crippen LogP contribution in [0.3, 0.4) is 0 Å². The van der Waals surface area contributed by atoms with Crippen LogP contribution in [0.1, 0.15) is 71.9 Å². The highest BCUT2D eigenvalue weighted by Crippen LogP contribution is 2.57. The highest BCUT2D eigenvalue weighted by molar-refractivity contribution is 5.88. The number of para-hydroxylation sites is 2. The fourth-order valence-electron chi connectivity index (χ4n) is 6.61. The normalized spacial score (nSPS) is 17.4. The number of carboxylic acid groups (broad SMARTS) is 2. The quantitative estimate of drug-likeness (QED) is 0.228. The predicted molar refractivity (Wildman–Crippen MR) is 157 cm³/mol. The van der Waals surface area contributed by atoms with Gasteiger partial charge in [-0.3, -0.25) is 0 Å². The maximum atomic E-state index is 11.4. The SMILES string of the molecule is CC1CC(C)(C)CC(c2ccccc2Oc2ccc(C(=O)O)cc2)(c2ccccc2Oc2ccc(C(=O)O)cc2)C1. The summed E-state index contributed by atoms with van der Waals surface area (Å²) in [7, 11) is 0. The van der Waals surface area contributed by atoms with Crippen LogP contribution in [0.15, 0.2) is 97.1 Å². The van der Waals surface area contributed by atoms with E-state index in [1.54, 1.807) is 48.5 Å². The maximum absolute atomic E-state index is 11.4. The summed E-state index contributed by atoms with van der Waals surface area (Å²) in [5.41, 5.74) is 2.07. The lowest BCUT2D eigenvalue weighted by molar-refractivity contribution is 0.0686. The molecular weight excluding hydrogens is 516 g/mol. The van der Waals surface area contributed by atoms with Gasteiger partial charge in [-0.1, -0.05) is 57.2 Å². The lowest BCUT2D eigenvalue weighted by Gasteiger charge is -2.49. The second kappa shape index (κ2) is 11.1. The molecule has 41 heavy (non-hydrogen) atoms. The van der Waals surface area contributed by atoms with Crippen LogP contribution in [0.25, 0.3) is 0 Å². The van der Waals surface area contributed by atoms with Crippen molar-refractivity contribution in [3.05, 3.63) is 119 Å². The maximum Gasteiger partial charge on any atom is 0.335 e. The van der Waals surface area contributed by atoms with Gasteiger partial charge in [-0.2, -0.15) is 0 Å². The largest absolute Gasteiger partial charge is 0.478 e. The van der Waals surface area contributed by atoms with E-state index in [0.29, 0.717) is 28.9 Å². The van der Waals surface area contributed by atoms with Crippen molar-refractivity contribution in [3.63, 3.8) is 0 Å². The van der Waals surface area contributed by atoms with Crippen molar-refractivity contribution in [2.45, 2.75) is 45.4 Å². The number of carbonyl (C=O) groups is 2. The molecule has 4 aromatic carbocycles. The topological polar surface area (TPSA) is 93.1 Å². The van der Waals surface area contributed by atoms with E-state index in [4.69, 9.17) is 9.47 Å². The van der Waals surface area contributed by atoms with Crippen LogP contribution in [-0.4, -0.2) is 22.2 Å². The molecule has 0 aromatic heterocycles. The summed E-state index contributed by atoms with van der Waals surface area (Å²) in [6.07, 6.45) is 2.84. The Balaban J connectivity index is 1.62. The Bertz CT molecular complexity index is 1450. The first-order valence-electron chi connectivity index (χ1n) is 13.8. The van der Waals surface area contributed by atoms with Gasteiger partial charge in [0, 0.05) is 16.5 Å². The zero-order valence-corrected chi connectivity index (χ0v) is 23.5. The zero-order valence-electron chi connectivity index (χ0n) is 23.5. The molecule has 1 fully saturated rings. The molecule has 1 saturated carbocycles. The average Bonchev–Trinajstić information content (AvgIpc) is 2.93. The van der Waals surface area contributed by atoms with Gasteiger partial charge in [0.05, 0.1) is 11.1 Å². The highest BCUT2D eigenvalue weighted by Gasteiger charge is 2.48. The van der Waals surface area contributed by atoms with Gasteiger partial charge in [0.15, 0.2) is 0 Å². The monoisotopic (exact) mass is 550 g/mol. The summed E-state index contributed by atoms with van der Waals surface area (Å²) in [6.45, 7) is 6.90. The van der Waals surface area contributed by atoms with E-state index in [9.17, 15) is 19.8 Å². The Labute approximate surface area is 240 Å². The van der Waals surface area contributed by atoms with Crippen LogP contribution in [0, 0.1) is 11.3 Å². The summed E-state index contributed by atoms with van der Waals surface area (Å²) in [5, 5.41) is 18.6. The standard InChI is InChI=1S/C35H34O6/c1-23-20-34(2,3)22-35(21-23,28-8-4-6-10-30(28)40-26-16-12-24(13-17-26)32(36)37)29-9-5-7-11-31(29)41-27-18-14-25(15-19-27)33(38)39/h4-19,23H,20-22H2,1-3H3,(H,36,37)(H,38,39). The number of ether oxygens (including phenoxy) is 2. The first-order chi connectivity index (χ1) is 19.6. The van der Waals surface area contributed by atoms with Crippen molar-refractivity contribution >= 4 is 11.9 Å². The highest BCUT2D eigenvalue weighted by atomic mass is 16.5. The van der Waals surface area contributed by atoms with Gasteiger partial charge in [-0.05, 0) is 91.3 Å². The number of benzene rings is 4. The van der Waals surface area contributed by atoms with E-state index in [1.165, 1.54) is 0 Å². The van der Waals surface area contributed by atoms with E-state index in [0.717, 1.165) is 30.4 Å². The van der Waals surface area contributed by atoms with Crippen LogP contribution < -0.4 is 9.47 Å². The second-order valence-electron chi connectivity index (χ2n) is 11.8. The Hall–Kier alpha value is -4.58. The first kappa shape index (κ1) is 28.0. The molecule has 2 N–H and O–H groups in total. The minimum Gasteiger partial charge on any atom is -0.478 e. The van der Waals surface area contributed by atoms with Crippen molar-refractivity contribution in [2.75, 3.05) is 0 Å². The number of aromatic carboxylic acids is 2. The summed E-state index contributed by atoms with van der Waals surface area (Å²) >= 11 is 0. The summed E-state index contributed by atoms with van der Waals surface area (Å²) in [6, 6.07) is 29.0. The van der Waals surface area contributed by atoms with Gasteiger partial charge >= 0.3 is 11.9 Å². The van der Waals surface area contributed by atoms with E-state index in [1.807, 2.05) is 36.4 Å². The van der Waals surface area contributed by atoms with Gasteiger partial charge in [-0.25, -0.2) is 9.59 Å². The molecule has 5 rings (SSSR count). The molecule has 4 aromatic rings. The molecule has 0 aliphatic heterocycles. The van der Waals surface area contributed by atoms with Gasteiger partial charge in [-0.15, -0.1) is 0 Å². The van der Waals surface area contributed by atoms with Crippen LogP contribution in [0.2, 0.25) is 0 Å². The third-order valence-electron chi connectivity index (χ3n) is 7.84. The Morgan fingerprint density at radius 3 is 1.46 bits per heavy atom. The summed E-state index contributed by atoms with van der Waals surface area (Å²) in [4.78, 5) is 22.7. The number of rotatable bonds is 8. The van der Waals surface area contributed by atoms with Crippen molar-refractivity contribution in [2.24, 2.45) is 11.3 Å². The fraction of sp³-hybridized carbons (Fsp3) is 0.257. The third-order valence-corrected chi connectivity index (χ3v) is 7.84. The van der Waals surface area contributed by atoms with Crippen molar-refractivity contribution in [1.82, 2.24) is 0 Å². The molecule has 0 saturated heterocycles. The number of carboxylic acids is 2. The third kappa shape index (κ3) is 5.97. The molecule has 0 heterocycles. The van der Waals surface area contributed by atoms with Gasteiger partial charge in [0.1, 0.15) is 23.0 Å². The van der Waals surface area contributed by atoms with Gasteiger partial charge < -0.3 is 19.7 Å². The van der Waals surface area contributed by atoms with E-state index >= 15 is 0 Å². The second-order valence-corrected chi connectivity index (χ2v) is 11.8. The lowest BCUT2D eigenvalue weighted by atomic mass is 9.55. The summed E-state index contributed by atoms with van der Waals surface area (Å²) in [5.74, 6) is 0.992. The molecule has 1 aliphatic carbocycles. The minimum atomic E-state index is -0.983. The molecule has 0 bridgehead atoms. The van der Waals surface area contributed by atoms with Crippen LogP contribution in [-0.2, 0) is 5.41 Å². The zero-order chi connectivity index (χ0) is 29.2. The van der Waals surface area contributed by atoms with E-state index in [-0.39, 0.29) is 16.5 Å². The van der Waals surface area contributed by atoms with Crippen LogP contribution >= 0.6 is 0 Å². The van der Waals surface area contributed by atoms with Gasteiger partial charge in [0.2, 0.25) is 0 Å². The molecule has 1 unspecified atom stereocenters. The molecule has 6 heteroatoms. The van der Waals surface area contributed by atoms with E-state index in [2.05, 4.69) is 32.9 Å². The molecule has 210 valence electrons. The molecular formula is C35H34O6. The Morgan fingerprint density at radius 1 is 0.659 bits per heavy atom. The molecule has 0 radical (unpaired) electrons. The van der Waals surface area contributed by atoms with E-state index < -0.39 is 17.4 Å². The molecule has 0 amide bonds. The smallest absolute Gasteiger partial charge is 0.335 e. The first-order valence-corrected chi connectivity index (χ1v) is 13.8. The number of hydrogen-bond donors (Lipinski definition) is 2. The molecule has 6 nitrogen and oxygen atoms in total. The van der Waals surface area contributed by atoms with Crippen molar-refractivity contribution < 1.29 is 29.3 Å².